The van der Waals surface area contributed by atoms with E-state index < -0.39 is 0 Å². The zero-order valence-electron chi connectivity index (χ0n) is 14.9. The molecule has 0 unspecified atom stereocenters. The summed E-state index contributed by atoms with van der Waals surface area (Å²) < 4.78 is 0. The highest BCUT2D eigenvalue weighted by Crippen LogP contribution is 2.32. The highest BCUT2D eigenvalue weighted by atomic mass is 15.3. The summed E-state index contributed by atoms with van der Waals surface area (Å²) in [5, 5.41) is 3.49. The lowest BCUT2D eigenvalue weighted by molar-refractivity contribution is 0.0568. The van der Waals surface area contributed by atoms with E-state index in [1.165, 1.54) is 84.3 Å². The van der Waals surface area contributed by atoms with Crippen LogP contribution >= 0.6 is 0 Å². The molecule has 2 heterocycles. The van der Waals surface area contributed by atoms with Crippen molar-refractivity contribution in [2.45, 2.75) is 58.4 Å². The summed E-state index contributed by atoms with van der Waals surface area (Å²) in [4.78, 5) is 5.56. The van der Waals surface area contributed by atoms with E-state index in [-0.39, 0.29) is 0 Å². The van der Waals surface area contributed by atoms with Crippen molar-refractivity contribution >= 4 is 0 Å². The summed E-state index contributed by atoms with van der Waals surface area (Å²) in [5.74, 6) is 2.84. The van der Waals surface area contributed by atoms with Crippen molar-refractivity contribution in [1.29, 1.82) is 0 Å². The molecule has 2 aliphatic heterocycles. The second-order valence-corrected chi connectivity index (χ2v) is 8.34. The number of nitrogens with one attached hydrogen (secondary N) is 1. The summed E-state index contributed by atoms with van der Waals surface area (Å²) in [5.41, 5.74) is 0. The molecule has 0 radical (unpaired) electrons. The second-order valence-electron chi connectivity index (χ2n) is 8.34. The fourth-order valence-corrected chi connectivity index (χ4v) is 4.87. The van der Waals surface area contributed by atoms with Crippen LogP contribution in [0, 0.1) is 17.8 Å². The molecule has 0 aromatic rings. The normalized spacial score (nSPS) is 33.4. The topological polar surface area (TPSA) is 18.5 Å². The molecule has 3 fully saturated rings. The summed E-state index contributed by atoms with van der Waals surface area (Å²) in [7, 11) is 0. The highest BCUT2D eigenvalue weighted by Gasteiger charge is 2.29. The fraction of sp³-hybridized carbons (Fsp3) is 1.00. The van der Waals surface area contributed by atoms with Crippen LogP contribution in [0.2, 0.25) is 0 Å². The van der Waals surface area contributed by atoms with Crippen molar-refractivity contribution in [3.8, 4) is 0 Å². The van der Waals surface area contributed by atoms with Crippen LogP contribution in [0.1, 0.15) is 52.4 Å². The number of nitrogens with zero attached hydrogens (tertiary/aromatic N) is 2. The van der Waals surface area contributed by atoms with Crippen LogP contribution in [0.3, 0.4) is 0 Å². The maximum absolute atomic E-state index is 3.49. The monoisotopic (exact) mass is 307 g/mol. The van der Waals surface area contributed by atoms with Gasteiger partial charge in [-0.25, -0.2) is 0 Å². The molecule has 0 amide bonds. The van der Waals surface area contributed by atoms with Crippen LogP contribution in [0.15, 0.2) is 0 Å². The smallest absolute Gasteiger partial charge is 0.0113 e. The third-order valence-corrected chi connectivity index (χ3v) is 6.58. The molecule has 2 saturated heterocycles. The van der Waals surface area contributed by atoms with Crippen molar-refractivity contribution in [2.75, 3.05) is 45.8 Å². The van der Waals surface area contributed by atoms with Gasteiger partial charge in [-0.3, -0.25) is 4.90 Å². The second kappa shape index (κ2) is 8.12. The Balaban J connectivity index is 1.37. The van der Waals surface area contributed by atoms with Crippen LogP contribution in [0.25, 0.3) is 0 Å². The van der Waals surface area contributed by atoms with Gasteiger partial charge in [0.05, 0.1) is 0 Å². The first-order valence-electron chi connectivity index (χ1n) is 9.89. The molecule has 3 rings (SSSR count). The van der Waals surface area contributed by atoms with Crippen LogP contribution in [0.5, 0.6) is 0 Å². The van der Waals surface area contributed by atoms with Crippen molar-refractivity contribution in [3.05, 3.63) is 0 Å². The first kappa shape index (κ1) is 16.7. The molecule has 0 atom stereocenters. The molecular weight excluding hydrogens is 270 g/mol. The molecule has 1 N–H and O–H groups in total. The predicted molar refractivity (Wildman–Crippen MR) is 94.2 cm³/mol. The average Bonchev–Trinajstić information content (AvgIpc) is 2.57. The minimum atomic E-state index is 0.891. The molecule has 1 saturated carbocycles. The molecule has 3 heteroatoms. The zero-order chi connectivity index (χ0) is 15.4. The van der Waals surface area contributed by atoms with E-state index in [1.807, 2.05) is 0 Å². The van der Waals surface area contributed by atoms with Gasteiger partial charge < -0.3 is 10.2 Å². The summed E-state index contributed by atoms with van der Waals surface area (Å²) >= 11 is 0. The van der Waals surface area contributed by atoms with Crippen LogP contribution in [-0.2, 0) is 0 Å². The Bertz CT molecular complexity index is 309. The molecular formula is C19H37N3. The first-order chi connectivity index (χ1) is 10.7. The summed E-state index contributed by atoms with van der Waals surface area (Å²) in [6, 6.07) is 0.899. The lowest BCUT2D eigenvalue weighted by Crippen LogP contribution is -2.52. The number of piperidine rings is 1. The van der Waals surface area contributed by atoms with Gasteiger partial charge >= 0.3 is 0 Å². The maximum Gasteiger partial charge on any atom is 0.0113 e. The van der Waals surface area contributed by atoms with E-state index in [0.29, 0.717) is 0 Å². The van der Waals surface area contributed by atoms with E-state index >= 15 is 0 Å². The fourth-order valence-electron chi connectivity index (χ4n) is 4.87. The van der Waals surface area contributed by atoms with Crippen molar-refractivity contribution < 1.29 is 0 Å². The predicted octanol–water partition coefficient (Wildman–Crippen LogP) is 2.82. The minimum absolute atomic E-state index is 0.891. The van der Waals surface area contributed by atoms with Crippen LogP contribution in [0.4, 0.5) is 0 Å². The van der Waals surface area contributed by atoms with Gasteiger partial charge in [-0.15, -0.1) is 0 Å². The number of rotatable bonds is 4. The lowest BCUT2D eigenvalue weighted by Gasteiger charge is -2.43. The molecule has 0 spiro atoms. The Labute approximate surface area is 137 Å². The van der Waals surface area contributed by atoms with Gasteiger partial charge in [0.25, 0.3) is 0 Å². The van der Waals surface area contributed by atoms with Crippen molar-refractivity contribution in [1.82, 2.24) is 15.1 Å². The molecule has 3 aliphatic rings. The van der Waals surface area contributed by atoms with Crippen LogP contribution in [-0.4, -0.2) is 61.7 Å². The third kappa shape index (κ3) is 4.46. The SMILES string of the molecule is CC(C)C1CCC(N2CCN(CC3CCNCC3)CC2)CC1. The van der Waals surface area contributed by atoms with Gasteiger partial charge in [0.15, 0.2) is 0 Å². The minimum Gasteiger partial charge on any atom is -0.317 e. The zero-order valence-corrected chi connectivity index (χ0v) is 14.9. The van der Waals surface area contributed by atoms with Gasteiger partial charge in [0.1, 0.15) is 0 Å². The Kier molecular flexibility index (Phi) is 6.17. The van der Waals surface area contributed by atoms with Crippen molar-refractivity contribution in [3.63, 3.8) is 0 Å². The van der Waals surface area contributed by atoms with E-state index in [9.17, 15) is 0 Å². The van der Waals surface area contributed by atoms with E-state index in [2.05, 4.69) is 29.0 Å². The number of hydrogen-bond acceptors (Lipinski definition) is 3. The largest absolute Gasteiger partial charge is 0.317 e. The Morgan fingerprint density at radius 1 is 0.864 bits per heavy atom. The molecule has 0 aromatic heterocycles. The number of piperazine rings is 1. The van der Waals surface area contributed by atoms with E-state index in [1.54, 1.807) is 0 Å². The van der Waals surface area contributed by atoms with Gasteiger partial charge in [-0.05, 0) is 69.4 Å². The summed E-state index contributed by atoms with van der Waals surface area (Å²) in [6.07, 6.45) is 8.63. The van der Waals surface area contributed by atoms with Gasteiger partial charge in [0, 0.05) is 38.8 Å². The molecule has 1 aliphatic carbocycles. The lowest BCUT2D eigenvalue weighted by atomic mass is 9.79. The van der Waals surface area contributed by atoms with E-state index in [4.69, 9.17) is 0 Å². The Morgan fingerprint density at radius 3 is 2.09 bits per heavy atom. The first-order valence-corrected chi connectivity index (χ1v) is 9.89. The van der Waals surface area contributed by atoms with Crippen molar-refractivity contribution in [2.24, 2.45) is 17.8 Å². The molecule has 3 nitrogen and oxygen atoms in total. The Hall–Kier alpha value is -0.120. The maximum atomic E-state index is 3.49. The molecule has 0 aromatic carbocycles. The number of hydrogen-bond donors (Lipinski definition) is 1. The van der Waals surface area contributed by atoms with Gasteiger partial charge in [-0.1, -0.05) is 13.8 Å². The highest BCUT2D eigenvalue weighted by molar-refractivity contribution is 4.85. The van der Waals surface area contributed by atoms with Gasteiger partial charge in [0.2, 0.25) is 0 Å². The molecule has 128 valence electrons. The Morgan fingerprint density at radius 2 is 1.50 bits per heavy atom. The molecule has 22 heavy (non-hydrogen) atoms. The molecule has 0 bridgehead atoms. The third-order valence-electron chi connectivity index (χ3n) is 6.58. The van der Waals surface area contributed by atoms with Crippen LogP contribution < -0.4 is 5.32 Å². The summed E-state index contributed by atoms with van der Waals surface area (Å²) in [6.45, 7) is 13.9. The van der Waals surface area contributed by atoms with E-state index in [0.717, 1.165) is 23.8 Å². The standard InChI is InChI=1S/C19H37N3/c1-16(2)18-3-5-19(6-4-18)22-13-11-21(12-14-22)15-17-7-9-20-10-8-17/h16-20H,3-15H2,1-2H3. The van der Waals surface area contributed by atoms with Gasteiger partial charge in [-0.2, -0.15) is 0 Å². The average molecular weight is 308 g/mol. The quantitative estimate of drug-likeness (QED) is 0.861.